The Bertz CT molecular complexity index is 1200. The van der Waals surface area contributed by atoms with E-state index < -0.39 is 5.97 Å². The topological polar surface area (TPSA) is 59.5 Å². The van der Waals surface area contributed by atoms with Crippen LogP contribution >= 0.6 is 22.7 Å². The van der Waals surface area contributed by atoms with Gasteiger partial charge in [0.1, 0.15) is 5.01 Å². The monoisotopic (exact) mass is 446 g/mol. The Balaban J connectivity index is 1.36. The lowest BCUT2D eigenvalue weighted by Gasteiger charge is -2.24. The molecule has 154 valence electrons. The number of rotatable bonds is 4. The summed E-state index contributed by atoms with van der Waals surface area (Å²) >= 11 is 2.95. The summed E-state index contributed by atoms with van der Waals surface area (Å²) in [7, 11) is 0. The summed E-state index contributed by atoms with van der Waals surface area (Å²) in [5.41, 5.74) is 5.05. The fourth-order valence-electron chi connectivity index (χ4n) is 3.70. The standard InChI is InChI=1S/C24H18N2O3S2/c27-22(13-29-24(28)19-15-31-23(25-19)18-11-12-30-14-18)26-20-7-3-1-5-16(20)9-10-17-6-2-4-8-21(17)26/h1-8,11-12,14-15H,9-10,13H2. The highest BCUT2D eigenvalue weighted by atomic mass is 32.1. The Morgan fingerprint density at radius 2 is 1.61 bits per heavy atom. The van der Waals surface area contributed by atoms with Gasteiger partial charge >= 0.3 is 5.97 Å². The molecular formula is C24H18N2O3S2. The molecule has 3 heterocycles. The summed E-state index contributed by atoms with van der Waals surface area (Å²) in [5, 5.41) is 6.36. The fourth-order valence-corrected chi connectivity index (χ4v) is 5.20. The highest BCUT2D eigenvalue weighted by molar-refractivity contribution is 7.14. The van der Waals surface area contributed by atoms with Crippen LogP contribution in [0.1, 0.15) is 21.6 Å². The lowest BCUT2D eigenvalue weighted by molar-refractivity contribution is -0.121. The van der Waals surface area contributed by atoms with Gasteiger partial charge in [-0.15, -0.1) is 11.3 Å². The molecule has 2 aromatic carbocycles. The van der Waals surface area contributed by atoms with Crippen molar-refractivity contribution in [2.24, 2.45) is 0 Å². The maximum atomic E-state index is 13.2. The first-order chi connectivity index (χ1) is 15.2. The van der Waals surface area contributed by atoms with E-state index in [1.165, 1.54) is 11.3 Å². The van der Waals surface area contributed by atoms with Gasteiger partial charge in [-0.1, -0.05) is 36.4 Å². The summed E-state index contributed by atoms with van der Waals surface area (Å²) in [4.78, 5) is 31.8. The molecule has 7 heteroatoms. The first kappa shape index (κ1) is 19.7. The number of amides is 1. The highest BCUT2D eigenvalue weighted by Gasteiger charge is 2.26. The molecule has 31 heavy (non-hydrogen) atoms. The number of aromatic nitrogens is 1. The van der Waals surface area contributed by atoms with Crippen LogP contribution in [0.2, 0.25) is 0 Å². The van der Waals surface area contributed by atoms with Crippen LogP contribution in [0.5, 0.6) is 0 Å². The summed E-state index contributed by atoms with van der Waals surface area (Å²) < 4.78 is 5.36. The summed E-state index contributed by atoms with van der Waals surface area (Å²) in [6, 6.07) is 17.7. The maximum Gasteiger partial charge on any atom is 0.358 e. The van der Waals surface area contributed by atoms with Crippen molar-refractivity contribution < 1.29 is 14.3 Å². The van der Waals surface area contributed by atoms with Crippen molar-refractivity contribution in [3.63, 3.8) is 0 Å². The fraction of sp³-hybridized carbons (Fsp3) is 0.125. The second-order valence-electron chi connectivity index (χ2n) is 7.11. The number of esters is 1. The number of hydrogen-bond acceptors (Lipinski definition) is 6. The average Bonchev–Trinajstić information content (AvgIpc) is 3.47. The molecule has 0 radical (unpaired) electrons. The van der Waals surface area contributed by atoms with Crippen LogP contribution in [0.25, 0.3) is 10.6 Å². The van der Waals surface area contributed by atoms with E-state index in [2.05, 4.69) is 4.98 Å². The number of thiophene rings is 1. The maximum absolute atomic E-state index is 13.2. The molecule has 5 nitrogen and oxygen atoms in total. The number of carbonyl (C=O) groups is 2. The first-order valence-corrected chi connectivity index (χ1v) is 11.7. The summed E-state index contributed by atoms with van der Waals surface area (Å²) in [6.45, 7) is -0.354. The quantitative estimate of drug-likeness (QED) is 0.389. The molecule has 1 amide bonds. The van der Waals surface area contributed by atoms with E-state index >= 15 is 0 Å². The van der Waals surface area contributed by atoms with Crippen LogP contribution in [0.3, 0.4) is 0 Å². The van der Waals surface area contributed by atoms with Gasteiger partial charge in [-0.05, 0) is 47.5 Å². The first-order valence-electron chi connectivity index (χ1n) is 9.85. The van der Waals surface area contributed by atoms with E-state index in [-0.39, 0.29) is 18.2 Å². The van der Waals surface area contributed by atoms with Crippen LogP contribution in [0.15, 0.2) is 70.7 Å². The SMILES string of the molecule is O=C(OCC(=O)N1c2ccccc2CCc2ccccc21)c1csc(-c2ccsc2)n1. The molecule has 4 aromatic rings. The number of ether oxygens (including phenoxy) is 1. The Labute approximate surface area is 187 Å². The third kappa shape index (κ3) is 3.89. The van der Waals surface area contributed by atoms with Gasteiger partial charge in [-0.2, -0.15) is 11.3 Å². The molecule has 0 bridgehead atoms. The molecule has 0 unspecified atom stereocenters. The molecule has 1 aliphatic heterocycles. The van der Waals surface area contributed by atoms with Gasteiger partial charge in [-0.25, -0.2) is 9.78 Å². The van der Waals surface area contributed by atoms with E-state index in [0.29, 0.717) is 0 Å². The number of nitrogens with zero attached hydrogens (tertiary/aromatic N) is 2. The second kappa shape index (κ2) is 8.45. The summed E-state index contributed by atoms with van der Waals surface area (Å²) in [5.74, 6) is -0.883. The molecule has 0 saturated carbocycles. The molecular weight excluding hydrogens is 428 g/mol. The van der Waals surface area contributed by atoms with E-state index in [0.717, 1.165) is 45.9 Å². The van der Waals surface area contributed by atoms with E-state index in [9.17, 15) is 9.59 Å². The third-order valence-electron chi connectivity index (χ3n) is 5.19. The van der Waals surface area contributed by atoms with Crippen molar-refractivity contribution in [1.82, 2.24) is 4.98 Å². The van der Waals surface area contributed by atoms with Crippen LogP contribution in [0.4, 0.5) is 11.4 Å². The van der Waals surface area contributed by atoms with Gasteiger partial charge in [0.25, 0.3) is 5.91 Å². The predicted molar refractivity (Wildman–Crippen MR) is 123 cm³/mol. The Morgan fingerprint density at radius 3 is 2.26 bits per heavy atom. The molecule has 0 atom stereocenters. The van der Waals surface area contributed by atoms with Crippen LogP contribution in [-0.4, -0.2) is 23.5 Å². The molecule has 1 aliphatic rings. The van der Waals surface area contributed by atoms with Gasteiger partial charge < -0.3 is 4.74 Å². The number of para-hydroxylation sites is 2. The van der Waals surface area contributed by atoms with Gasteiger partial charge in [0.05, 0.1) is 11.4 Å². The number of benzene rings is 2. The zero-order valence-electron chi connectivity index (χ0n) is 16.5. The molecule has 0 N–H and O–H groups in total. The van der Waals surface area contributed by atoms with Crippen molar-refractivity contribution >= 4 is 45.9 Å². The van der Waals surface area contributed by atoms with Gasteiger partial charge in [-0.3, -0.25) is 9.69 Å². The number of anilines is 2. The average molecular weight is 447 g/mol. The van der Waals surface area contributed by atoms with Crippen LogP contribution in [0, 0.1) is 0 Å². The van der Waals surface area contributed by atoms with Gasteiger partial charge in [0.15, 0.2) is 12.3 Å². The molecule has 2 aromatic heterocycles. The van der Waals surface area contributed by atoms with Gasteiger partial charge in [0.2, 0.25) is 0 Å². The smallest absolute Gasteiger partial charge is 0.358 e. The minimum Gasteiger partial charge on any atom is -0.451 e. The second-order valence-corrected chi connectivity index (χ2v) is 8.75. The molecule has 5 rings (SSSR count). The molecule has 0 spiro atoms. The highest BCUT2D eigenvalue weighted by Crippen LogP contribution is 2.36. The Hall–Kier alpha value is -3.29. The van der Waals surface area contributed by atoms with Crippen molar-refractivity contribution in [2.45, 2.75) is 12.8 Å². The van der Waals surface area contributed by atoms with Crippen molar-refractivity contribution in [1.29, 1.82) is 0 Å². The minimum absolute atomic E-state index is 0.218. The largest absolute Gasteiger partial charge is 0.451 e. The third-order valence-corrected chi connectivity index (χ3v) is 6.76. The lowest BCUT2D eigenvalue weighted by atomic mass is 10.0. The Kier molecular flexibility index (Phi) is 5.36. The molecule has 0 fully saturated rings. The number of hydrogen-bond donors (Lipinski definition) is 0. The van der Waals surface area contributed by atoms with Gasteiger partial charge in [0, 0.05) is 16.3 Å². The predicted octanol–water partition coefficient (Wildman–Crippen LogP) is 5.49. The minimum atomic E-state index is -0.595. The van der Waals surface area contributed by atoms with E-state index in [1.807, 2.05) is 65.4 Å². The molecule has 0 saturated heterocycles. The number of aryl methyl sites for hydroxylation is 2. The zero-order chi connectivity index (χ0) is 21.2. The number of carbonyl (C=O) groups excluding carboxylic acids is 2. The van der Waals surface area contributed by atoms with E-state index in [1.54, 1.807) is 21.6 Å². The van der Waals surface area contributed by atoms with Crippen LogP contribution in [-0.2, 0) is 22.4 Å². The lowest BCUT2D eigenvalue weighted by Crippen LogP contribution is -2.31. The normalized spacial score (nSPS) is 12.6. The summed E-state index contributed by atoms with van der Waals surface area (Å²) in [6.07, 6.45) is 1.70. The zero-order valence-corrected chi connectivity index (χ0v) is 18.1. The van der Waals surface area contributed by atoms with E-state index in [4.69, 9.17) is 4.74 Å². The molecule has 0 aliphatic carbocycles. The van der Waals surface area contributed by atoms with Crippen LogP contribution < -0.4 is 4.90 Å². The van der Waals surface area contributed by atoms with Crippen molar-refractivity contribution in [3.8, 4) is 10.6 Å². The number of fused-ring (bicyclic) bond motifs is 2. The Morgan fingerprint density at radius 1 is 0.935 bits per heavy atom. The van der Waals surface area contributed by atoms with Crippen molar-refractivity contribution in [2.75, 3.05) is 11.5 Å². The number of thiazole rings is 1. The van der Waals surface area contributed by atoms with Crippen molar-refractivity contribution in [3.05, 3.63) is 87.6 Å².